The number of quaternary nitrogens is 3. The molecule has 0 amide bonds. The third-order valence-electron chi connectivity index (χ3n) is 4.36. The molecule has 1 aromatic rings. The third kappa shape index (κ3) is 3.10. The van der Waals surface area contributed by atoms with E-state index in [4.69, 9.17) is 0 Å². The Morgan fingerprint density at radius 3 is 2.22 bits per heavy atom. The Labute approximate surface area is 111 Å². The highest BCUT2D eigenvalue weighted by molar-refractivity contribution is 5.22. The predicted octanol–water partition coefficient (Wildman–Crippen LogP) is -1.92. The number of aryl methyl sites for hydroxylation is 1. The van der Waals surface area contributed by atoms with Gasteiger partial charge in [-0.15, -0.1) is 0 Å². The molecule has 1 saturated heterocycles. The molecule has 1 aliphatic rings. The van der Waals surface area contributed by atoms with Crippen molar-refractivity contribution in [3.63, 3.8) is 0 Å². The van der Waals surface area contributed by atoms with Crippen LogP contribution in [-0.2, 0) is 0 Å². The van der Waals surface area contributed by atoms with Gasteiger partial charge in [-0.3, -0.25) is 0 Å². The minimum Gasteiger partial charge on any atom is -0.352 e. The van der Waals surface area contributed by atoms with E-state index in [1.54, 1.807) is 9.80 Å². The van der Waals surface area contributed by atoms with Crippen molar-refractivity contribution in [1.82, 2.24) is 0 Å². The number of likely N-dealkylation sites (N-methyl/N-ethyl adjacent to an activating group) is 1. The Kier molecular flexibility index (Phi) is 4.75. The number of hydrogen-bond acceptors (Lipinski definition) is 0. The van der Waals surface area contributed by atoms with Crippen LogP contribution in [0.5, 0.6) is 0 Å². The van der Waals surface area contributed by atoms with Crippen molar-refractivity contribution in [1.29, 1.82) is 0 Å². The zero-order chi connectivity index (χ0) is 13.0. The molecule has 2 rings (SSSR count). The standard InChI is InChI=1S/C15H25N3/c1-3-17-8-10-18(11-9-17)15(12-16)14-6-4-13(2)5-7-14/h4-7,15H,3,8-12,16H2,1-2H3/p+3/t15-/m1/s1. The van der Waals surface area contributed by atoms with Crippen molar-refractivity contribution in [2.45, 2.75) is 19.9 Å². The van der Waals surface area contributed by atoms with E-state index in [1.165, 1.54) is 43.9 Å². The van der Waals surface area contributed by atoms with Crippen LogP contribution in [0, 0.1) is 6.92 Å². The maximum absolute atomic E-state index is 4.17. The minimum atomic E-state index is 0.587. The molecule has 100 valence electrons. The zero-order valence-corrected chi connectivity index (χ0v) is 11.8. The molecule has 1 fully saturated rings. The fourth-order valence-corrected chi connectivity index (χ4v) is 3.03. The molecule has 0 bridgehead atoms. The van der Waals surface area contributed by atoms with Gasteiger partial charge in [0.2, 0.25) is 0 Å². The number of benzene rings is 1. The highest BCUT2D eigenvalue weighted by Gasteiger charge is 2.30. The van der Waals surface area contributed by atoms with Crippen molar-refractivity contribution in [3.05, 3.63) is 35.4 Å². The molecule has 5 N–H and O–H groups in total. The summed E-state index contributed by atoms with van der Waals surface area (Å²) in [6.07, 6.45) is 0. The molecule has 0 aliphatic carbocycles. The smallest absolute Gasteiger partial charge is 0.163 e. The summed E-state index contributed by atoms with van der Waals surface area (Å²) in [5.74, 6) is 0. The molecule has 1 aromatic carbocycles. The van der Waals surface area contributed by atoms with Gasteiger partial charge in [0.25, 0.3) is 0 Å². The number of nitrogens with one attached hydrogen (secondary N) is 2. The Morgan fingerprint density at radius 2 is 1.72 bits per heavy atom. The van der Waals surface area contributed by atoms with Crippen LogP contribution in [0.15, 0.2) is 24.3 Å². The summed E-state index contributed by atoms with van der Waals surface area (Å²) in [6, 6.07) is 9.62. The van der Waals surface area contributed by atoms with Crippen LogP contribution >= 0.6 is 0 Å². The second kappa shape index (κ2) is 6.32. The third-order valence-corrected chi connectivity index (χ3v) is 4.36. The summed E-state index contributed by atoms with van der Waals surface area (Å²) in [4.78, 5) is 3.48. The lowest BCUT2D eigenvalue weighted by Crippen LogP contribution is -3.28. The molecular formula is C15H28N3+3. The quantitative estimate of drug-likeness (QED) is 0.557. The number of rotatable bonds is 4. The molecular weight excluding hydrogens is 222 g/mol. The molecule has 1 heterocycles. The Balaban J connectivity index is 2.03. The van der Waals surface area contributed by atoms with Crippen LogP contribution in [0.1, 0.15) is 24.1 Å². The number of hydrogen-bond donors (Lipinski definition) is 3. The predicted molar refractivity (Wildman–Crippen MR) is 73.6 cm³/mol. The zero-order valence-electron chi connectivity index (χ0n) is 11.8. The molecule has 0 spiro atoms. The molecule has 1 atom stereocenters. The lowest BCUT2D eigenvalue weighted by Gasteiger charge is -2.33. The fourth-order valence-electron chi connectivity index (χ4n) is 3.03. The van der Waals surface area contributed by atoms with Gasteiger partial charge in [0, 0.05) is 5.56 Å². The lowest BCUT2D eigenvalue weighted by atomic mass is 10.0. The van der Waals surface area contributed by atoms with Gasteiger partial charge in [-0.25, -0.2) is 0 Å². The highest BCUT2D eigenvalue weighted by atomic mass is 15.3. The van der Waals surface area contributed by atoms with Crippen LogP contribution < -0.4 is 15.5 Å². The van der Waals surface area contributed by atoms with E-state index in [0.717, 1.165) is 6.54 Å². The Bertz CT molecular complexity index is 353. The largest absolute Gasteiger partial charge is 0.352 e. The molecule has 3 nitrogen and oxygen atoms in total. The van der Waals surface area contributed by atoms with Gasteiger partial charge in [0.15, 0.2) is 6.04 Å². The Morgan fingerprint density at radius 1 is 1.11 bits per heavy atom. The van der Waals surface area contributed by atoms with E-state index in [0.29, 0.717) is 6.04 Å². The van der Waals surface area contributed by atoms with Crippen LogP contribution in [0.25, 0.3) is 0 Å². The van der Waals surface area contributed by atoms with Crippen LogP contribution in [-0.4, -0.2) is 39.3 Å². The summed E-state index contributed by atoms with van der Waals surface area (Å²) < 4.78 is 0. The molecule has 3 heteroatoms. The van der Waals surface area contributed by atoms with E-state index in [2.05, 4.69) is 43.8 Å². The normalized spacial score (nSPS) is 25.9. The van der Waals surface area contributed by atoms with Crippen molar-refractivity contribution in [3.8, 4) is 0 Å². The summed E-state index contributed by atoms with van der Waals surface area (Å²) in [5, 5.41) is 0. The van der Waals surface area contributed by atoms with E-state index in [1.807, 2.05) is 0 Å². The second-order valence-corrected chi connectivity index (χ2v) is 5.51. The first-order valence-corrected chi connectivity index (χ1v) is 7.28. The van der Waals surface area contributed by atoms with Crippen molar-refractivity contribution >= 4 is 0 Å². The SMILES string of the molecule is CC[NH+]1CC[NH+]([C@H](C[NH3+])c2ccc(C)cc2)CC1. The van der Waals surface area contributed by atoms with Gasteiger partial charge >= 0.3 is 0 Å². The average Bonchev–Trinajstić information content (AvgIpc) is 2.42. The van der Waals surface area contributed by atoms with Crippen molar-refractivity contribution in [2.75, 3.05) is 39.3 Å². The maximum Gasteiger partial charge on any atom is 0.163 e. The van der Waals surface area contributed by atoms with E-state index in [-0.39, 0.29) is 0 Å². The van der Waals surface area contributed by atoms with Gasteiger partial charge in [-0.05, 0) is 13.8 Å². The summed E-state index contributed by atoms with van der Waals surface area (Å²) in [6.45, 7) is 11.9. The van der Waals surface area contributed by atoms with Crippen LogP contribution in [0.2, 0.25) is 0 Å². The van der Waals surface area contributed by atoms with Gasteiger partial charge in [0.1, 0.15) is 32.7 Å². The maximum atomic E-state index is 4.17. The molecule has 0 saturated carbocycles. The summed E-state index contributed by atoms with van der Waals surface area (Å²) in [5.41, 5.74) is 6.98. The van der Waals surface area contributed by atoms with Gasteiger partial charge < -0.3 is 15.5 Å². The highest BCUT2D eigenvalue weighted by Crippen LogP contribution is 2.09. The van der Waals surface area contributed by atoms with Crippen molar-refractivity contribution < 1.29 is 15.5 Å². The lowest BCUT2D eigenvalue weighted by molar-refractivity contribution is -1.03. The Hall–Kier alpha value is -0.900. The fraction of sp³-hybridized carbons (Fsp3) is 0.600. The molecule has 1 aliphatic heterocycles. The first kappa shape index (κ1) is 13.5. The number of piperazine rings is 1. The van der Waals surface area contributed by atoms with Crippen LogP contribution in [0.3, 0.4) is 0 Å². The van der Waals surface area contributed by atoms with E-state index in [9.17, 15) is 0 Å². The minimum absolute atomic E-state index is 0.587. The molecule has 0 radical (unpaired) electrons. The van der Waals surface area contributed by atoms with Crippen LogP contribution in [0.4, 0.5) is 0 Å². The van der Waals surface area contributed by atoms with Gasteiger partial charge in [-0.2, -0.15) is 0 Å². The molecule has 18 heavy (non-hydrogen) atoms. The monoisotopic (exact) mass is 250 g/mol. The second-order valence-electron chi connectivity index (χ2n) is 5.51. The average molecular weight is 250 g/mol. The van der Waals surface area contributed by atoms with Gasteiger partial charge in [-0.1, -0.05) is 29.8 Å². The summed E-state index contributed by atoms with van der Waals surface area (Å²) >= 11 is 0. The molecule has 0 aromatic heterocycles. The van der Waals surface area contributed by atoms with Gasteiger partial charge in [0.05, 0.1) is 6.54 Å². The van der Waals surface area contributed by atoms with Crippen molar-refractivity contribution in [2.24, 2.45) is 0 Å². The summed E-state index contributed by atoms with van der Waals surface area (Å²) in [7, 11) is 0. The first-order valence-electron chi connectivity index (χ1n) is 7.28. The van der Waals surface area contributed by atoms with E-state index >= 15 is 0 Å². The topological polar surface area (TPSA) is 36.5 Å². The molecule has 0 unspecified atom stereocenters. The van der Waals surface area contributed by atoms with E-state index < -0.39 is 0 Å². The first-order chi connectivity index (χ1) is 8.74.